The van der Waals surface area contributed by atoms with Crippen LogP contribution < -0.4 is 0 Å². The number of hydrogen-bond acceptors (Lipinski definition) is 3. The van der Waals surface area contributed by atoms with E-state index in [2.05, 4.69) is 15.9 Å². The second kappa shape index (κ2) is 3.37. The third-order valence-electron chi connectivity index (χ3n) is 0.505. The standard InChI is InChI=1S/C3H7BrO3/c4-3(7)2(6)1-5/h2-3,5-7H,1H2. The summed E-state index contributed by atoms with van der Waals surface area (Å²) in [5, 5.41) is 23.8. The third-order valence-corrected chi connectivity index (χ3v) is 1.11. The highest BCUT2D eigenvalue weighted by Gasteiger charge is 2.08. The van der Waals surface area contributed by atoms with Gasteiger partial charge < -0.3 is 15.3 Å². The Bertz CT molecular complexity index is 47.4. The summed E-state index contributed by atoms with van der Waals surface area (Å²) in [5.41, 5.74) is 0. The Morgan fingerprint density at radius 3 is 1.86 bits per heavy atom. The van der Waals surface area contributed by atoms with Crippen LogP contribution in [0.25, 0.3) is 0 Å². The normalized spacial score (nSPS) is 18.9. The Labute approximate surface area is 49.7 Å². The van der Waals surface area contributed by atoms with Crippen LogP contribution in [0.5, 0.6) is 0 Å². The molecule has 2 atom stereocenters. The molecule has 0 saturated carbocycles. The first-order valence-corrected chi connectivity index (χ1v) is 2.71. The highest BCUT2D eigenvalue weighted by molar-refractivity contribution is 9.09. The number of alkyl halides is 1. The molecule has 0 aromatic rings. The molecule has 0 aliphatic rings. The van der Waals surface area contributed by atoms with E-state index in [9.17, 15) is 0 Å². The first-order valence-electron chi connectivity index (χ1n) is 1.79. The van der Waals surface area contributed by atoms with Crippen molar-refractivity contribution in [2.45, 2.75) is 11.1 Å². The monoisotopic (exact) mass is 170 g/mol. The lowest BCUT2D eigenvalue weighted by Crippen LogP contribution is -2.23. The molecule has 7 heavy (non-hydrogen) atoms. The van der Waals surface area contributed by atoms with Crippen molar-refractivity contribution in [3.8, 4) is 0 Å². The number of hydrogen-bond donors (Lipinski definition) is 3. The summed E-state index contributed by atoms with van der Waals surface area (Å²) in [5.74, 6) is 0. The summed E-state index contributed by atoms with van der Waals surface area (Å²) >= 11 is 2.65. The molecule has 0 amide bonds. The fraction of sp³-hybridized carbons (Fsp3) is 1.00. The molecule has 4 heteroatoms. The largest absolute Gasteiger partial charge is 0.394 e. The van der Waals surface area contributed by atoms with Crippen LogP contribution >= 0.6 is 15.9 Å². The summed E-state index contributed by atoms with van der Waals surface area (Å²) in [7, 11) is 0. The van der Waals surface area contributed by atoms with Crippen LogP contribution in [0.1, 0.15) is 0 Å². The number of aliphatic hydroxyl groups is 3. The van der Waals surface area contributed by atoms with E-state index in [1.165, 1.54) is 0 Å². The minimum Gasteiger partial charge on any atom is -0.394 e. The van der Waals surface area contributed by atoms with Gasteiger partial charge in [0, 0.05) is 0 Å². The van der Waals surface area contributed by atoms with Crippen LogP contribution in [0.2, 0.25) is 0 Å². The molecule has 0 radical (unpaired) electrons. The smallest absolute Gasteiger partial charge is 0.137 e. The summed E-state index contributed by atoms with van der Waals surface area (Å²) < 4.78 is 0. The van der Waals surface area contributed by atoms with Gasteiger partial charge in [0.05, 0.1) is 6.61 Å². The van der Waals surface area contributed by atoms with E-state index in [-0.39, 0.29) is 0 Å². The number of halogens is 1. The van der Waals surface area contributed by atoms with Crippen molar-refractivity contribution >= 4 is 15.9 Å². The van der Waals surface area contributed by atoms with Gasteiger partial charge in [-0.3, -0.25) is 0 Å². The average Bonchev–Trinajstić information content (AvgIpc) is 1.65. The zero-order valence-corrected chi connectivity index (χ0v) is 5.17. The van der Waals surface area contributed by atoms with Crippen molar-refractivity contribution in [2.24, 2.45) is 0 Å². The second-order valence-electron chi connectivity index (χ2n) is 1.12. The second-order valence-corrected chi connectivity index (χ2v) is 2.06. The maximum atomic E-state index is 8.39. The van der Waals surface area contributed by atoms with E-state index in [4.69, 9.17) is 15.3 Å². The molecule has 2 unspecified atom stereocenters. The highest BCUT2D eigenvalue weighted by atomic mass is 79.9. The van der Waals surface area contributed by atoms with E-state index < -0.39 is 17.7 Å². The first-order chi connectivity index (χ1) is 3.18. The van der Waals surface area contributed by atoms with Gasteiger partial charge in [-0.05, 0) is 0 Å². The van der Waals surface area contributed by atoms with Crippen LogP contribution in [0, 0.1) is 0 Å². The number of aliphatic hydroxyl groups excluding tert-OH is 3. The predicted octanol–water partition coefficient (Wildman–Crippen LogP) is -0.947. The van der Waals surface area contributed by atoms with Crippen LogP contribution in [0.3, 0.4) is 0 Å². The van der Waals surface area contributed by atoms with Gasteiger partial charge in [-0.1, -0.05) is 15.9 Å². The minimum atomic E-state index is -1.07. The molecule has 0 spiro atoms. The van der Waals surface area contributed by atoms with Crippen LogP contribution in [-0.4, -0.2) is 33.0 Å². The maximum Gasteiger partial charge on any atom is 0.137 e. The molecule has 0 aliphatic heterocycles. The van der Waals surface area contributed by atoms with E-state index in [1.807, 2.05) is 0 Å². The van der Waals surface area contributed by atoms with Crippen LogP contribution in [-0.2, 0) is 0 Å². The van der Waals surface area contributed by atoms with Crippen LogP contribution in [0.15, 0.2) is 0 Å². The highest BCUT2D eigenvalue weighted by Crippen LogP contribution is 1.98. The molecule has 0 aliphatic carbocycles. The van der Waals surface area contributed by atoms with Gasteiger partial charge in [-0.15, -0.1) is 0 Å². The Kier molecular flexibility index (Phi) is 3.55. The fourth-order valence-corrected chi connectivity index (χ4v) is 0.254. The zero-order chi connectivity index (χ0) is 5.86. The molecule has 0 bridgehead atoms. The molecular weight excluding hydrogens is 164 g/mol. The Hall–Kier alpha value is 0.360. The average molecular weight is 171 g/mol. The molecule has 0 heterocycles. The minimum absolute atomic E-state index is 0.424. The van der Waals surface area contributed by atoms with Crippen molar-refractivity contribution in [3.05, 3.63) is 0 Å². The summed E-state index contributed by atoms with van der Waals surface area (Å²) in [6.07, 6.45) is -1.07. The SMILES string of the molecule is OCC(O)C(O)Br. The summed E-state index contributed by atoms with van der Waals surface area (Å²) in [6, 6.07) is 0. The van der Waals surface area contributed by atoms with Gasteiger partial charge in [0.1, 0.15) is 11.1 Å². The lowest BCUT2D eigenvalue weighted by Gasteiger charge is -2.05. The Morgan fingerprint density at radius 1 is 1.43 bits per heavy atom. The summed E-state index contributed by atoms with van der Waals surface area (Å²) in [4.78, 5) is 0. The molecule has 0 saturated heterocycles. The van der Waals surface area contributed by atoms with Gasteiger partial charge in [0.15, 0.2) is 0 Å². The number of rotatable bonds is 2. The van der Waals surface area contributed by atoms with Gasteiger partial charge in [0.2, 0.25) is 0 Å². The van der Waals surface area contributed by atoms with E-state index >= 15 is 0 Å². The summed E-state index contributed by atoms with van der Waals surface area (Å²) in [6.45, 7) is -0.424. The Balaban J connectivity index is 3.14. The van der Waals surface area contributed by atoms with E-state index in [1.54, 1.807) is 0 Å². The van der Waals surface area contributed by atoms with Gasteiger partial charge in [-0.25, -0.2) is 0 Å². The maximum absolute atomic E-state index is 8.39. The molecule has 0 aromatic heterocycles. The van der Waals surface area contributed by atoms with Gasteiger partial charge in [0.25, 0.3) is 0 Å². The van der Waals surface area contributed by atoms with Crippen molar-refractivity contribution < 1.29 is 15.3 Å². The van der Waals surface area contributed by atoms with Crippen molar-refractivity contribution in [2.75, 3.05) is 6.61 Å². The molecule has 0 aromatic carbocycles. The molecule has 3 nitrogen and oxygen atoms in total. The Morgan fingerprint density at radius 2 is 1.86 bits per heavy atom. The zero-order valence-electron chi connectivity index (χ0n) is 3.58. The molecule has 0 fully saturated rings. The first kappa shape index (κ1) is 7.36. The topological polar surface area (TPSA) is 60.7 Å². The van der Waals surface area contributed by atoms with E-state index in [0.29, 0.717) is 0 Å². The van der Waals surface area contributed by atoms with Crippen molar-refractivity contribution in [1.29, 1.82) is 0 Å². The predicted molar refractivity (Wildman–Crippen MR) is 28.0 cm³/mol. The van der Waals surface area contributed by atoms with Crippen molar-refractivity contribution in [1.82, 2.24) is 0 Å². The van der Waals surface area contributed by atoms with Gasteiger partial charge >= 0.3 is 0 Å². The van der Waals surface area contributed by atoms with Gasteiger partial charge in [-0.2, -0.15) is 0 Å². The van der Waals surface area contributed by atoms with Crippen LogP contribution in [0.4, 0.5) is 0 Å². The molecular formula is C3H7BrO3. The molecule has 44 valence electrons. The quantitative estimate of drug-likeness (QED) is 0.469. The fourth-order valence-electron chi connectivity index (χ4n) is 0.0870. The third kappa shape index (κ3) is 2.99. The molecule has 3 N–H and O–H groups in total. The van der Waals surface area contributed by atoms with Crippen molar-refractivity contribution in [3.63, 3.8) is 0 Å². The lowest BCUT2D eigenvalue weighted by atomic mass is 10.4. The molecule has 0 rings (SSSR count). The lowest BCUT2D eigenvalue weighted by molar-refractivity contribution is 0.0315. The van der Waals surface area contributed by atoms with E-state index in [0.717, 1.165) is 0 Å².